The number of rotatable bonds is 6. The molecule has 0 aliphatic carbocycles. The second-order valence-electron chi connectivity index (χ2n) is 8.53. The van der Waals surface area contributed by atoms with Gasteiger partial charge in [-0.3, -0.25) is 9.59 Å². The van der Waals surface area contributed by atoms with Crippen molar-refractivity contribution in [1.82, 2.24) is 4.90 Å². The lowest BCUT2D eigenvalue weighted by atomic mass is 9.72. The van der Waals surface area contributed by atoms with E-state index in [-0.39, 0.29) is 24.1 Å². The van der Waals surface area contributed by atoms with Crippen LogP contribution in [0.1, 0.15) is 24.0 Å². The first-order valence-electron chi connectivity index (χ1n) is 10.9. The molecule has 32 heavy (non-hydrogen) atoms. The fourth-order valence-corrected chi connectivity index (χ4v) is 4.57. The molecule has 0 aromatic heterocycles. The third-order valence-corrected chi connectivity index (χ3v) is 6.47. The van der Waals surface area contributed by atoms with Crippen molar-refractivity contribution in [2.45, 2.75) is 25.7 Å². The number of nitrogens with zero attached hydrogens (tertiary/aromatic N) is 1. The van der Waals surface area contributed by atoms with Crippen molar-refractivity contribution >= 4 is 11.8 Å². The second kappa shape index (κ2) is 9.35. The van der Waals surface area contributed by atoms with Crippen LogP contribution >= 0.6 is 0 Å². The van der Waals surface area contributed by atoms with Gasteiger partial charge >= 0.3 is 0 Å². The Bertz CT molecular complexity index is 1110. The maximum atomic E-state index is 13.4. The summed E-state index contributed by atoms with van der Waals surface area (Å²) in [5.41, 5.74) is 9.15. The quantitative estimate of drug-likeness (QED) is 0.631. The Morgan fingerprint density at radius 2 is 1.59 bits per heavy atom. The van der Waals surface area contributed by atoms with Gasteiger partial charge in [-0.2, -0.15) is 0 Å². The Balaban J connectivity index is 1.49. The summed E-state index contributed by atoms with van der Waals surface area (Å²) in [5.74, 6) is -0.727. The second-order valence-corrected chi connectivity index (χ2v) is 8.53. The van der Waals surface area contributed by atoms with Gasteiger partial charge in [0, 0.05) is 13.1 Å². The van der Waals surface area contributed by atoms with Gasteiger partial charge in [0.2, 0.25) is 11.8 Å². The topological polar surface area (TPSA) is 63.4 Å². The Morgan fingerprint density at radius 1 is 0.906 bits per heavy atom. The van der Waals surface area contributed by atoms with Crippen LogP contribution in [0.5, 0.6) is 0 Å². The van der Waals surface area contributed by atoms with Gasteiger partial charge < -0.3 is 10.6 Å². The monoisotopic (exact) mass is 430 g/mol. The van der Waals surface area contributed by atoms with E-state index in [4.69, 9.17) is 5.73 Å². The first-order valence-corrected chi connectivity index (χ1v) is 10.9. The Morgan fingerprint density at radius 3 is 2.28 bits per heavy atom. The minimum absolute atomic E-state index is 0.0571. The van der Waals surface area contributed by atoms with E-state index in [2.05, 4.69) is 24.3 Å². The lowest BCUT2D eigenvalue weighted by Crippen LogP contribution is -2.50. The fourth-order valence-electron chi connectivity index (χ4n) is 4.57. The molecule has 2 amide bonds. The predicted molar refractivity (Wildman–Crippen MR) is 123 cm³/mol. The molecule has 0 bridgehead atoms. The maximum Gasteiger partial charge on any atom is 0.226 e. The Hall–Kier alpha value is -3.47. The average molecular weight is 431 g/mol. The molecule has 0 saturated carbocycles. The molecule has 164 valence electrons. The smallest absolute Gasteiger partial charge is 0.226 e. The van der Waals surface area contributed by atoms with Crippen LogP contribution in [0.2, 0.25) is 0 Å². The summed E-state index contributed by atoms with van der Waals surface area (Å²) in [6.45, 7) is 0.926. The lowest BCUT2D eigenvalue weighted by Gasteiger charge is -2.40. The van der Waals surface area contributed by atoms with E-state index < -0.39 is 5.41 Å². The Labute approximate surface area is 187 Å². The predicted octanol–water partition coefficient (Wildman–Crippen LogP) is 4.37. The number of likely N-dealkylation sites (tertiary alicyclic amines) is 1. The van der Waals surface area contributed by atoms with Crippen molar-refractivity contribution in [1.29, 1.82) is 0 Å². The van der Waals surface area contributed by atoms with Crippen LogP contribution in [0, 0.1) is 11.2 Å². The van der Waals surface area contributed by atoms with Crippen LogP contribution in [-0.4, -0.2) is 29.8 Å². The SMILES string of the molecule is NC(=O)C1(Cc2ccccc2-c2ccccc2)CCN(C(=O)Cc2cccc(F)c2)CC1. The van der Waals surface area contributed by atoms with Gasteiger partial charge in [-0.1, -0.05) is 66.7 Å². The van der Waals surface area contributed by atoms with E-state index in [1.165, 1.54) is 12.1 Å². The molecule has 1 saturated heterocycles. The lowest BCUT2D eigenvalue weighted by molar-refractivity contribution is -0.138. The van der Waals surface area contributed by atoms with Gasteiger partial charge in [-0.25, -0.2) is 4.39 Å². The van der Waals surface area contributed by atoms with Crippen molar-refractivity contribution < 1.29 is 14.0 Å². The Kier molecular flexibility index (Phi) is 6.35. The van der Waals surface area contributed by atoms with E-state index in [9.17, 15) is 14.0 Å². The van der Waals surface area contributed by atoms with Gasteiger partial charge in [-0.05, 0) is 53.6 Å². The standard InChI is InChI=1S/C27H27FN2O2/c28-23-11-6-7-20(17-23)18-25(31)30-15-13-27(14-16-30,26(29)32)19-22-10-4-5-12-24(22)21-8-2-1-3-9-21/h1-12,17H,13-16,18-19H2,(H2,29,32). The molecule has 1 aliphatic heterocycles. The molecule has 0 unspecified atom stereocenters. The highest BCUT2D eigenvalue weighted by Crippen LogP contribution is 2.38. The molecule has 2 N–H and O–H groups in total. The number of halogens is 1. The number of amides is 2. The van der Waals surface area contributed by atoms with Crippen molar-refractivity contribution in [3.63, 3.8) is 0 Å². The van der Waals surface area contributed by atoms with E-state index in [0.717, 1.165) is 16.7 Å². The maximum absolute atomic E-state index is 13.4. The van der Waals surface area contributed by atoms with E-state index in [0.29, 0.717) is 37.9 Å². The minimum Gasteiger partial charge on any atom is -0.369 e. The number of hydrogen-bond donors (Lipinski definition) is 1. The number of nitrogens with two attached hydrogens (primary N) is 1. The fraction of sp³-hybridized carbons (Fsp3) is 0.259. The first kappa shape index (κ1) is 21.8. The van der Waals surface area contributed by atoms with E-state index in [1.807, 2.05) is 30.3 Å². The van der Waals surface area contributed by atoms with Crippen LogP contribution in [0.15, 0.2) is 78.9 Å². The highest BCUT2D eigenvalue weighted by molar-refractivity contribution is 5.83. The molecule has 1 fully saturated rings. The summed E-state index contributed by atoms with van der Waals surface area (Å²) in [4.78, 5) is 27.1. The summed E-state index contributed by atoms with van der Waals surface area (Å²) in [6.07, 6.45) is 1.72. The van der Waals surface area contributed by atoms with Gasteiger partial charge in [0.25, 0.3) is 0 Å². The number of carbonyl (C=O) groups excluding carboxylic acids is 2. The minimum atomic E-state index is -0.694. The summed E-state index contributed by atoms with van der Waals surface area (Å²) >= 11 is 0. The summed E-state index contributed by atoms with van der Waals surface area (Å²) in [6, 6.07) is 24.3. The molecule has 1 aliphatic rings. The summed E-state index contributed by atoms with van der Waals surface area (Å²) < 4.78 is 13.4. The first-order chi connectivity index (χ1) is 15.5. The van der Waals surface area contributed by atoms with Gasteiger partial charge in [0.15, 0.2) is 0 Å². The molecule has 3 aromatic carbocycles. The van der Waals surface area contributed by atoms with Gasteiger partial charge in [0.1, 0.15) is 5.82 Å². The molecule has 0 atom stereocenters. The molecule has 0 radical (unpaired) electrons. The molecular weight excluding hydrogens is 403 g/mol. The van der Waals surface area contributed by atoms with Crippen LogP contribution in [0.25, 0.3) is 11.1 Å². The number of carbonyl (C=O) groups is 2. The van der Waals surface area contributed by atoms with Crippen LogP contribution < -0.4 is 5.73 Å². The average Bonchev–Trinajstić information content (AvgIpc) is 2.80. The molecule has 0 spiro atoms. The largest absolute Gasteiger partial charge is 0.369 e. The van der Waals surface area contributed by atoms with Crippen molar-refractivity contribution in [3.05, 3.63) is 95.8 Å². The van der Waals surface area contributed by atoms with Crippen LogP contribution in [-0.2, 0) is 22.4 Å². The molecule has 4 nitrogen and oxygen atoms in total. The van der Waals surface area contributed by atoms with Gasteiger partial charge in [0.05, 0.1) is 11.8 Å². The molecular formula is C27H27FN2O2. The summed E-state index contributed by atoms with van der Waals surface area (Å²) in [7, 11) is 0. The zero-order chi connectivity index (χ0) is 22.6. The molecule has 5 heteroatoms. The zero-order valence-corrected chi connectivity index (χ0v) is 18.0. The normalized spacial score (nSPS) is 15.3. The van der Waals surface area contributed by atoms with Gasteiger partial charge in [-0.15, -0.1) is 0 Å². The van der Waals surface area contributed by atoms with Crippen molar-refractivity contribution in [2.24, 2.45) is 11.1 Å². The molecule has 3 aromatic rings. The summed E-state index contributed by atoms with van der Waals surface area (Å²) in [5, 5.41) is 0. The molecule has 1 heterocycles. The van der Waals surface area contributed by atoms with Crippen molar-refractivity contribution in [3.8, 4) is 11.1 Å². The van der Waals surface area contributed by atoms with Crippen molar-refractivity contribution in [2.75, 3.05) is 13.1 Å². The van der Waals surface area contributed by atoms with E-state index >= 15 is 0 Å². The van der Waals surface area contributed by atoms with E-state index in [1.54, 1.807) is 17.0 Å². The third kappa shape index (κ3) is 4.72. The number of benzene rings is 3. The zero-order valence-electron chi connectivity index (χ0n) is 18.0. The number of piperidine rings is 1. The number of primary amides is 1. The van der Waals surface area contributed by atoms with Crippen LogP contribution in [0.3, 0.4) is 0 Å². The molecule has 4 rings (SSSR count). The van der Waals surface area contributed by atoms with Crippen LogP contribution in [0.4, 0.5) is 4.39 Å². The number of hydrogen-bond acceptors (Lipinski definition) is 2. The third-order valence-electron chi connectivity index (χ3n) is 6.47. The highest BCUT2D eigenvalue weighted by atomic mass is 19.1. The highest BCUT2D eigenvalue weighted by Gasteiger charge is 2.41.